The molecule has 2 saturated heterocycles. The quantitative estimate of drug-likeness (QED) is 0.847. The lowest BCUT2D eigenvalue weighted by molar-refractivity contribution is -0.135. The molecule has 0 bridgehead atoms. The Bertz CT molecular complexity index is 634. The summed E-state index contributed by atoms with van der Waals surface area (Å²) in [5.41, 5.74) is 6.67. The standard InChI is InChI=1S/C19H27N3O3/c1-12(2)10-14(20)19(25)21-9-8-15-17(21)16(23)11-22(15)18(24)13-6-4-3-5-7-13/h3-7,12,14-17,23H,8-11,20H2,1-2H3/t14-,15?,16-,17?/m0/s1. The molecule has 2 aliphatic heterocycles. The molecule has 6 heteroatoms. The first-order chi connectivity index (χ1) is 11.9. The SMILES string of the molecule is CC(C)C[C@H](N)C(=O)N1CCC2C1[C@@H](O)CN2C(=O)c1ccccc1. The Balaban J connectivity index is 1.74. The summed E-state index contributed by atoms with van der Waals surface area (Å²) >= 11 is 0. The fourth-order valence-corrected chi connectivity index (χ4v) is 4.11. The minimum Gasteiger partial charge on any atom is -0.389 e. The summed E-state index contributed by atoms with van der Waals surface area (Å²) in [4.78, 5) is 28.9. The van der Waals surface area contributed by atoms with E-state index in [4.69, 9.17) is 5.73 Å². The molecule has 3 N–H and O–H groups in total. The molecule has 2 fully saturated rings. The lowest BCUT2D eigenvalue weighted by atomic mass is 10.0. The van der Waals surface area contributed by atoms with Crippen molar-refractivity contribution >= 4 is 11.8 Å². The molecule has 0 aromatic heterocycles. The van der Waals surface area contributed by atoms with Gasteiger partial charge < -0.3 is 20.6 Å². The third-order valence-electron chi connectivity index (χ3n) is 5.21. The molecule has 25 heavy (non-hydrogen) atoms. The molecule has 2 heterocycles. The van der Waals surface area contributed by atoms with Crippen LogP contribution in [-0.4, -0.2) is 64.0 Å². The Labute approximate surface area is 148 Å². The van der Waals surface area contributed by atoms with E-state index in [0.29, 0.717) is 30.9 Å². The second-order valence-corrected chi connectivity index (χ2v) is 7.51. The Morgan fingerprint density at radius 2 is 1.92 bits per heavy atom. The van der Waals surface area contributed by atoms with Crippen molar-refractivity contribution in [1.82, 2.24) is 9.80 Å². The number of β-amino-alcohol motifs (C(OH)–C–C–N with tert-alkyl or cyclic N) is 1. The van der Waals surface area contributed by atoms with Crippen LogP contribution in [-0.2, 0) is 4.79 Å². The molecule has 136 valence electrons. The molecular formula is C19H27N3O3. The van der Waals surface area contributed by atoms with E-state index >= 15 is 0 Å². The number of hydrogen-bond donors (Lipinski definition) is 2. The summed E-state index contributed by atoms with van der Waals surface area (Å²) in [7, 11) is 0. The van der Waals surface area contributed by atoms with Crippen LogP contribution in [0.4, 0.5) is 0 Å². The minimum atomic E-state index is -0.727. The third kappa shape index (κ3) is 3.41. The van der Waals surface area contributed by atoms with Crippen molar-refractivity contribution < 1.29 is 14.7 Å². The second-order valence-electron chi connectivity index (χ2n) is 7.51. The van der Waals surface area contributed by atoms with Crippen molar-refractivity contribution in [1.29, 1.82) is 0 Å². The smallest absolute Gasteiger partial charge is 0.254 e. The van der Waals surface area contributed by atoms with Crippen LogP contribution in [0, 0.1) is 5.92 Å². The monoisotopic (exact) mass is 345 g/mol. The zero-order valence-corrected chi connectivity index (χ0v) is 14.8. The van der Waals surface area contributed by atoms with Gasteiger partial charge in [-0.3, -0.25) is 9.59 Å². The molecule has 2 unspecified atom stereocenters. The van der Waals surface area contributed by atoms with Crippen LogP contribution in [0.5, 0.6) is 0 Å². The zero-order valence-electron chi connectivity index (χ0n) is 14.8. The highest BCUT2D eigenvalue weighted by atomic mass is 16.3. The number of rotatable bonds is 4. The summed E-state index contributed by atoms with van der Waals surface area (Å²) in [5.74, 6) is 0.129. The van der Waals surface area contributed by atoms with Crippen LogP contribution in [0.25, 0.3) is 0 Å². The first-order valence-corrected chi connectivity index (χ1v) is 9.00. The zero-order chi connectivity index (χ0) is 18.1. The number of carbonyl (C=O) groups is 2. The number of amides is 2. The van der Waals surface area contributed by atoms with Crippen molar-refractivity contribution in [3.63, 3.8) is 0 Å². The number of aliphatic hydroxyl groups excluding tert-OH is 1. The van der Waals surface area contributed by atoms with Gasteiger partial charge in [-0.25, -0.2) is 0 Å². The lowest BCUT2D eigenvalue weighted by Crippen LogP contribution is -2.51. The largest absolute Gasteiger partial charge is 0.389 e. The van der Waals surface area contributed by atoms with Crippen molar-refractivity contribution in [3.05, 3.63) is 35.9 Å². The molecule has 4 atom stereocenters. The van der Waals surface area contributed by atoms with E-state index < -0.39 is 12.1 Å². The van der Waals surface area contributed by atoms with E-state index in [1.165, 1.54) is 0 Å². The highest BCUT2D eigenvalue weighted by Crippen LogP contribution is 2.33. The first kappa shape index (κ1) is 17.9. The number of fused-ring (bicyclic) bond motifs is 1. The molecule has 0 aliphatic carbocycles. The number of carbonyl (C=O) groups excluding carboxylic acids is 2. The van der Waals surface area contributed by atoms with Gasteiger partial charge in [-0.15, -0.1) is 0 Å². The molecule has 0 radical (unpaired) electrons. The molecule has 1 aromatic rings. The van der Waals surface area contributed by atoms with Crippen LogP contribution in [0.1, 0.15) is 37.0 Å². The van der Waals surface area contributed by atoms with Crippen LogP contribution in [0.2, 0.25) is 0 Å². The van der Waals surface area contributed by atoms with Gasteiger partial charge in [-0.05, 0) is 30.9 Å². The second kappa shape index (κ2) is 7.14. The average Bonchev–Trinajstić information content (AvgIpc) is 3.15. The Morgan fingerprint density at radius 3 is 2.56 bits per heavy atom. The van der Waals surface area contributed by atoms with Crippen molar-refractivity contribution in [2.45, 2.75) is 50.9 Å². The highest BCUT2D eigenvalue weighted by molar-refractivity contribution is 5.95. The van der Waals surface area contributed by atoms with Gasteiger partial charge in [0, 0.05) is 18.7 Å². The molecular weight excluding hydrogens is 318 g/mol. The molecule has 2 aliphatic rings. The number of nitrogens with zero attached hydrogens (tertiary/aromatic N) is 2. The summed E-state index contributed by atoms with van der Waals surface area (Å²) in [6.07, 6.45) is 0.575. The average molecular weight is 345 g/mol. The van der Waals surface area contributed by atoms with Crippen molar-refractivity contribution in [2.75, 3.05) is 13.1 Å². The summed E-state index contributed by atoms with van der Waals surface area (Å²) < 4.78 is 0. The number of aliphatic hydroxyl groups is 1. The Morgan fingerprint density at radius 1 is 1.24 bits per heavy atom. The maximum absolute atomic E-state index is 12.8. The van der Waals surface area contributed by atoms with E-state index in [0.717, 1.165) is 0 Å². The predicted octanol–water partition coefficient (Wildman–Crippen LogP) is 0.846. The molecule has 6 nitrogen and oxygen atoms in total. The van der Waals surface area contributed by atoms with E-state index in [9.17, 15) is 14.7 Å². The van der Waals surface area contributed by atoms with E-state index in [-0.39, 0.29) is 30.4 Å². The molecule has 3 rings (SSSR count). The van der Waals surface area contributed by atoms with Gasteiger partial charge in [0.15, 0.2) is 0 Å². The highest BCUT2D eigenvalue weighted by Gasteiger charge is 2.51. The minimum absolute atomic E-state index is 0.0899. The molecule has 1 aromatic carbocycles. The number of benzene rings is 1. The fraction of sp³-hybridized carbons (Fsp3) is 0.579. The lowest BCUT2D eigenvalue weighted by Gasteiger charge is -2.29. The molecule has 2 amide bonds. The molecule has 0 saturated carbocycles. The Kier molecular flexibility index (Phi) is 5.11. The van der Waals surface area contributed by atoms with Gasteiger partial charge in [0.2, 0.25) is 5.91 Å². The van der Waals surface area contributed by atoms with E-state index in [1.807, 2.05) is 32.0 Å². The fourth-order valence-electron chi connectivity index (χ4n) is 4.11. The van der Waals surface area contributed by atoms with Gasteiger partial charge in [-0.1, -0.05) is 32.0 Å². The van der Waals surface area contributed by atoms with Gasteiger partial charge in [0.05, 0.1) is 24.2 Å². The Hall–Kier alpha value is -1.92. The third-order valence-corrected chi connectivity index (χ3v) is 5.21. The van der Waals surface area contributed by atoms with Gasteiger partial charge in [0.25, 0.3) is 5.91 Å². The normalized spacial score (nSPS) is 26.8. The van der Waals surface area contributed by atoms with Crippen LogP contribution >= 0.6 is 0 Å². The topological polar surface area (TPSA) is 86.9 Å². The van der Waals surface area contributed by atoms with Crippen LogP contribution < -0.4 is 5.73 Å². The van der Waals surface area contributed by atoms with E-state index in [1.54, 1.807) is 21.9 Å². The van der Waals surface area contributed by atoms with Crippen LogP contribution in [0.3, 0.4) is 0 Å². The number of nitrogens with two attached hydrogens (primary N) is 1. The van der Waals surface area contributed by atoms with Crippen LogP contribution in [0.15, 0.2) is 30.3 Å². The maximum Gasteiger partial charge on any atom is 0.254 e. The van der Waals surface area contributed by atoms with Crippen molar-refractivity contribution in [3.8, 4) is 0 Å². The van der Waals surface area contributed by atoms with Gasteiger partial charge >= 0.3 is 0 Å². The summed E-state index contributed by atoms with van der Waals surface area (Å²) in [6.45, 7) is 4.86. The maximum atomic E-state index is 12.8. The van der Waals surface area contributed by atoms with Gasteiger partial charge in [-0.2, -0.15) is 0 Å². The summed E-state index contributed by atoms with van der Waals surface area (Å²) in [6, 6.07) is 8.03. The molecule has 0 spiro atoms. The van der Waals surface area contributed by atoms with E-state index in [2.05, 4.69) is 0 Å². The number of likely N-dealkylation sites (tertiary alicyclic amines) is 2. The van der Waals surface area contributed by atoms with Crippen molar-refractivity contribution in [2.24, 2.45) is 11.7 Å². The predicted molar refractivity (Wildman–Crippen MR) is 94.8 cm³/mol. The number of hydrogen-bond acceptors (Lipinski definition) is 4. The summed E-state index contributed by atoms with van der Waals surface area (Å²) in [5, 5.41) is 10.5. The van der Waals surface area contributed by atoms with Gasteiger partial charge in [0.1, 0.15) is 0 Å². The first-order valence-electron chi connectivity index (χ1n) is 9.00.